The van der Waals surface area contributed by atoms with Gasteiger partial charge in [0.15, 0.2) is 0 Å². The molecule has 0 bridgehead atoms. The average molecular weight is 276 g/mol. The molecule has 1 aromatic heterocycles. The van der Waals surface area contributed by atoms with E-state index in [-0.39, 0.29) is 5.41 Å². The third-order valence-corrected chi connectivity index (χ3v) is 4.30. The summed E-state index contributed by atoms with van der Waals surface area (Å²) in [5, 5.41) is 3.16. The van der Waals surface area contributed by atoms with E-state index in [1.165, 1.54) is 6.42 Å². The highest BCUT2D eigenvalue weighted by atomic mass is 15.2. The van der Waals surface area contributed by atoms with Crippen LogP contribution in [0.5, 0.6) is 0 Å². The standard InChI is InChI=1S/C16H28N4/c1-11-7-8-20(10-12(11)2)14-9-13(17-6)18-15(19-14)16(3,4)5/h9,11-12H,7-8,10H2,1-6H3,(H,17,18,19). The monoisotopic (exact) mass is 276 g/mol. The maximum Gasteiger partial charge on any atom is 0.138 e. The molecular weight excluding hydrogens is 248 g/mol. The van der Waals surface area contributed by atoms with Crippen molar-refractivity contribution < 1.29 is 0 Å². The van der Waals surface area contributed by atoms with Gasteiger partial charge in [-0.3, -0.25) is 0 Å². The van der Waals surface area contributed by atoms with Crippen molar-refractivity contribution >= 4 is 11.6 Å². The van der Waals surface area contributed by atoms with E-state index in [0.29, 0.717) is 0 Å². The third kappa shape index (κ3) is 3.22. The van der Waals surface area contributed by atoms with Crippen LogP contribution < -0.4 is 10.2 Å². The second kappa shape index (κ2) is 5.58. The number of hydrogen-bond donors (Lipinski definition) is 1. The highest BCUT2D eigenvalue weighted by Crippen LogP contribution is 2.29. The van der Waals surface area contributed by atoms with Crippen molar-refractivity contribution in [3.8, 4) is 0 Å². The fraction of sp³-hybridized carbons (Fsp3) is 0.750. The molecule has 2 unspecified atom stereocenters. The lowest BCUT2D eigenvalue weighted by atomic mass is 9.89. The van der Waals surface area contributed by atoms with Crippen LogP contribution in [-0.2, 0) is 5.41 Å². The van der Waals surface area contributed by atoms with E-state index < -0.39 is 0 Å². The average Bonchev–Trinajstić information content (AvgIpc) is 2.40. The van der Waals surface area contributed by atoms with E-state index in [4.69, 9.17) is 4.98 Å². The summed E-state index contributed by atoms with van der Waals surface area (Å²) in [5.74, 6) is 4.40. The second-order valence-electron chi connectivity index (χ2n) is 7.12. The minimum absolute atomic E-state index is 0.0314. The summed E-state index contributed by atoms with van der Waals surface area (Å²) in [5.41, 5.74) is -0.0314. The minimum atomic E-state index is -0.0314. The predicted octanol–water partition coefficient (Wildman–Crippen LogP) is 3.30. The summed E-state index contributed by atoms with van der Waals surface area (Å²) in [4.78, 5) is 11.8. The third-order valence-electron chi connectivity index (χ3n) is 4.30. The smallest absolute Gasteiger partial charge is 0.138 e. The lowest BCUT2D eigenvalue weighted by Gasteiger charge is -2.36. The zero-order valence-electron chi connectivity index (χ0n) is 13.7. The van der Waals surface area contributed by atoms with Crippen LogP contribution in [0.4, 0.5) is 11.6 Å². The van der Waals surface area contributed by atoms with E-state index in [2.05, 4.69) is 55.9 Å². The second-order valence-corrected chi connectivity index (χ2v) is 7.12. The van der Waals surface area contributed by atoms with E-state index in [0.717, 1.165) is 42.4 Å². The van der Waals surface area contributed by atoms with Crippen molar-refractivity contribution in [2.45, 2.75) is 46.5 Å². The molecule has 1 saturated heterocycles. The van der Waals surface area contributed by atoms with Gasteiger partial charge in [-0.1, -0.05) is 34.6 Å². The zero-order chi connectivity index (χ0) is 14.9. The highest BCUT2D eigenvalue weighted by molar-refractivity contribution is 5.50. The molecule has 0 aromatic carbocycles. The molecule has 1 fully saturated rings. The molecule has 0 amide bonds. The molecule has 4 nitrogen and oxygen atoms in total. The maximum absolute atomic E-state index is 4.81. The quantitative estimate of drug-likeness (QED) is 0.900. The van der Waals surface area contributed by atoms with Crippen LogP contribution in [0.15, 0.2) is 6.07 Å². The van der Waals surface area contributed by atoms with Gasteiger partial charge in [-0.15, -0.1) is 0 Å². The SMILES string of the molecule is CNc1cc(N2CCC(C)C(C)C2)nc(C(C)(C)C)n1. The van der Waals surface area contributed by atoms with Crippen LogP contribution in [0, 0.1) is 11.8 Å². The van der Waals surface area contributed by atoms with Gasteiger partial charge in [-0.05, 0) is 18.3 Å². The van der Waals surface area contributed by atoms with Gasteiger partial charge in [-0.25, -0.2) is 9.97 Å². The van der Waals surface area contributed by atoms with Crippen molar-refractivity contribution in [1.29, 1.82) is 0 Å². The first-order valence-electron chi connectivity index (χ1n) is 7.63. The number of nitrogens with zero attached hydrogens (tertiary/aromatic N) is 3. The minimum Gasteiger partial charge on any atom is -0.373 e. The number of nitrogens with one attached hydrogen (secondary N) is 1. The van der Waals surface area contributed by atoms with Crippen LogP contribution in [-0.4, -0.2) is 30.1 Å². The van der Waals surface area contributed by atoms with E-state index in [1.807, 2.05) is 7.05 Å². The number of rotatable bonds is 2. The molecule has 2 heterocycles. The van der Waals surface area contributed by atoms with E-state index in [1.54, 1.807) is 0 Å². The molecule has 1 N–H and O–H groups in total. The number of aromatic nitrogens is 2. The summed E-state index contributed by atoms with van der Waals surface area (Å²) >= 11 is 0. The fourth-order valence-corrected chi connectivity index (χ4v) is 2.53. The van der Waals surface area contributed by atoms with Crippen LogP contribution in [0.2, 0.25) is 0 Å². The van der Waals surface area contributed by atoms with E-state index >= 15 is 0 Å². The Morgan fingerprint density at radius 2 is 1.90 bits per heavy atom. The summed E-state index contributed by atoms with van der Waals surface area (Å²) in [6.45, 7) is 13.3. The first-order valence-corrected chi connectivity index (χ1v) is 7.63. The lowest BCUT2D eigenvalue weighted by Crippen LogP contribution is -2.39. The van der Waals surface area contributed by atoms with Crippen molar-refractivity contribution in [3.63, 3.8) is 0 Å². The van der Waals surface area contributed by atoms with E-state index in [9.17, 15) is 0 Å². The Morgan fingerprint density at radius 3 is 2.45 bits per heavy atom. The summed E-state index contributed by atoms with van der Waals surface area (Å²) < 4.78 is 0. The molecule has 0 aliphatic carbocycles. The van der Waals surface area contributed by atoms with Gasteiger partial charge in [0.1, 0.15) is 17.5 Å². The van der Waals surface area contributed by atoms with Gasteiger partial charge < -0.3 is 10.2 Å². The first kappa shape index (κ1) is 15.1. The van der Waals surface area contributed by atoms with Crippen LogP contribution >= 0.6 is 0 Å². The predicted molar refractivity (Wildman–Crippen MR) is 85.4 cm³/mol. The summed E-state index contributed by atoms with van der Waals surface area (Å²) in [6.07, 6.45) is 1.24. The molecule has 1 aliphatic heterocycles. The van der Waals surface area contributed by atoms with Crippen molar-refractivity contribution in [3.05, 3.63) is 11.9 Å². The zero-order valence-corrected chi connectivity index (χ0v) is 13.7. The number of hydrogen-bond acceptors (Lipinski definition) is 4. The van der Waals surface area contributed by atoms with Gasteiger partial charge >= 0.3 is 0 Å². The summed E-state index contributed by atoms with van der Waals surface area (Å²) in [6, 6.07) is 2.07. The Kier molecular flexibility index (Phi) is 4.21. The maximum atomic E-state index is 4.81. The molecule has 0 spiro atoms. The Hall–Kier alpha value is -1.32. The van der Waals surface area contributed by atoms with Gasteiger partial charge in [0.05, 0.1) is 0 Å². The van der Waals surface area contributed by atoms with Crippen LogP contribution in [0.25, 0.3) is 0 Å². The molecule has 20 heavy (non-hydrogen) atoms. The fourth-order valence-electron chi connectivity index (χ4n) is 2.53. The Morgan fingerprint density at radius 1 is 1.20 bits per heavy atom. The van der Waals surface area contributed by atoms with Gasteiger partial charge in [-0.2, -0.15) is 0 Å². The first-order chi connectivity index (χ1) is 9.31. The molecular formula is C16H28N4. The summed E-state index contributed by atoms with van der Waals surface area (Å²) in [7, 11) is 1.92. The van der Waals surface area contributed by atoms with Gasteiger partial charge in [0.2, 0.25) is 0 Å². The lowest BCUT2D eigenvalue weighted by molar-refractivity contribution is 0.322. The number of anilines is 2. The number of piperidine rings is 1. The largest absolute Gasteiger partial charge is 0.373 e. The molecule has 1 aliphatic rings. The molecule has 0 radical (unpaired) electrons. The molecule has 0 saturated carbocycles. The van der Waals surface area contributed by atoms with Crippen LogP contribution in [0.1, 0.15) is 46.9 Å². The topological polar surface area (TPSA) is 41.0 Å². The van der Waals surface area contributed by atoms with Crippen LogP contribution in [0.3, 0.4) is 0 Å². The van der Waals surface area contributed by atoms with Crippen molar-refractivity contribution in [1.82, 2.24) is 9.97 Å². The molecule has 4 heteroatoms. The Balaban J connectivity index is 2.31. The molecule has 2 rings (SSSR count). The van der Waals surface area contributed by atoms with Crippen molar-refractivity contribution in [2.24, 2.45) is 11.8 Å². The van der Waals surface area contributed by atoms with Gasteiger partial charge in [0, 0.05) is 31.6 Å². The molecule has 112 valence electrons. The van der Waals surface area contributed by atoms with Gasteiger partial charge in [0.25, 0.3) is 0 Å². The Bertz CT molecular complexity index is 464. The van der Waals surface area contributed by atoms with Crippen molar-refractivity contribution in [2.75, 3.05) is 30.4 Å². The Labute approximate surface area is 123 Å². The molecule has 2 atom stereocenters. The normalized spacial score (nSPS) is 23.8. The highest BCUT2D eigenvalue weighted by Gasteiger charge is 2.26. The molecule has 1 aromatic rings.